The van der Waals surface area contributed by atoms with E-state index in [2.05, 4.69) is 4.98 Å². The fourth-order valence-corrected chi connectivity index (χ4v) is 3.22. The van der Waals surface area contributed by atoms with Crippen LogP contribution in [0.15, 0.2) is 30.5 Å². The van der Waals surface area contributed by atoms with Crippen molar-refractivity contribution in [3.63, 3.8) is 0 Å². The average molecular weight is 300 g/mol. The molecular weight excluding hydrogens is 288 g/mol. The van der Waals surface area contributed by atoms with Gasteiger partial charge in [0.1, 0.15) is 0 Å². The molecule has 0 unspecified atom stereocenters. The SMILES string of the molecule is Cc1cc(C(=O)c2c[nH]c3cc([N+](=O)[O-])ccc23)sc1C. The van der Waals surface area contributed by atoms with Crippen LogP contribution in [0.5, 0.6) is 0 Å². The van der Waals surface area contributed by atoms with Gasteiger partial charge in [-0.25, -0.2) is 0 Å². The Balaban J connectivity index is 2.08. The molecule has 3 rings (SSSR count). The fourth-order valence-electron chi connectivity index (χ4n) is 2.23. The quantitative estimate of drug-likeness (QED) is 0.451. The van der Waals surface area contributed by atoms with Crippen LogP contribution in [-0.4, -0.2) is 15.7 Å². The molecule has 1 N–H and O–H groups in total. The summed E-state index contributed by atoms with van der Waals surface area (Å²) >= 11 is 1.47. The number of benzene rings is 1. The zero-order chi connectivity index (χ0) is 15.1. The monoisotopic (exact) mass is 300 g/mol. The number of non-ortho nitro benzene ring substituents is 1. The summed E-state index contributed by atoms with van der Waals surface area (Å²) in [7, 11) is 0. The van der Waals surface area contributed by atoms with Gasteiger partial charge in [0.2, 0.25) is 5.78 Å². The molecular formula is C15H12N2O3S. The van der Waals surface area contributed by atoms with Crippen LogP contribution >= 0.6 is 11.3 Å². The minimum absolute atomic E-state index is 0.00571. The van der Waals surface area contributed by atoms with E-state index in [0.29, 0.717) is 21.3 Å². The van der Waals surface area contributed by atoms with Gasteiger partial charge >= 0.3 is 0 Å². The Morgan fingerprint density at radius 3 is 2.67 bits per heavy atom. The van der Waals surface area contributed by atoms with Gasteiger partial charge in [0, 0.05) is 34.2 Å². The largest absolute Gasteiger partial charge is 0.360 e. The Morgan fingerprint density at radius 1 is 1.29 bits per heavy atom. The van der Waals surface area contributed by atoms with E-state index in [1.165, 1.54) is 23.5 Å². The highest BCUT2D eigenvalue weighted by molar-refractivity contribution is 7.14. The van der Waals surface area contributed by atoms with Crippen LogP contribution in [0.4, 0.5) is 5.69 Å². The van der Waals surface area contributed by atoms with E-state index in [4.69, 9.17) is 0 Å². The minimum Gasteiger partial charge on any atom is -0.360 e. The van der Waals surface area contributed by atoms with Crippen LogP contribution in [-0.2, 0) is 0 Å². The number of thiophene rings is 1. The first kappa shape index (κ1) is 13.5. The molecule has 1 aromatic carbocycles. The number of nitro benzene ring substituents is 1. The molecule has 2 heterocycles. The number of aryl methyl sites for hydroxylation is 2. The standard InChI is InChI=1S/C15H12N2O3S/c1-8-5-14(21-9(8)2)15(18)12-7-16-13-6-10(17(19)20)3-4-11(12)13/h3-7,16H,1-2H3. The van der Waals surface area contributed by atoms with Crippen LogP contribution in [0.1, 0.15) is 25.7 Å². The number of hydrogen-bond acceptors (Lipinski definition) is 4. The highest BCUT2D eigenvalue weighted by atomic mass is 32.1. The molecule has 5 nitrogen and oxygen atoms in total. The first-order chi connectivity index (χ1) is 9.97. The van der Waals surface area contributed by atoms with E-state index in [1.54, 1.807) is 12.3 Å². The topological polar surface area (TPSA) is 76.0 Å². The number of nitrogens with one attached hydrogen (secondary N) is 1. The average Bonchev–Trinajstić information content (AvgIpc) is 3.01. The van der Waals surface area contributed by atoms with E-state index in [0.717, 1.165) is 10.4 Å². The van der Waals surface area contributed by atoms with Crippen molar-refractivity contribution < 1.29 is 9.72 Å². The van der Waals surface area contributed by atoms with E-state index in [-0.39, 0.29) is 11.5 Å². The van der Waals surface area contributed by atoms with E-state index < -0.39 is 4.92 Å². The molecule has 0 saturated carbocycles. The van der Waals surface area contributed by atoms with Crippen LogP contribution in [0.2, 0.25) is 0 Å². The first-order valence-electron chi connectivity index (χ1n) is 6.34. The van der Waals surface area contributed by atoms with Crippen LogP contribution < -0.4 is 0 Å². The van der Waals surface area contributed by atoms with Gasteiger partial charge < -0.3 is 4.98 Å². The van der Waals surface area contributed by atoms with Gasteiger partial charge in [0.05, 0.1) is 15.3 Å². The summed E-state index contributed by atoms with van der Waals surface area (Å²) in [5, 5.41) is 11.5. The summed E-state index contributed by atoms with van der Waals surface area (Å²) in [5.41, 5.74) is 2.24. The second-order valence-electron chi connectivity index (χ2n) is 4.87. The summed E-state index contributed by atoms with van der Waals surface area (Å²) < 4.78 is 0. The number of ketones is 1. The van der Waals surface area contributed by atoms with Crippen molar-refractivity contribution in [2.24, 2.45) is 0 Å². The third-order valence-corrected chi connectivity index (χ3v) is 4.66. The molecule has 106 valence electrons. The van der Waals surface area contributed by atoms with Crippen molar-refractivity contribution >= 4 is 33.7 Å². The number of fused-ring (bicyclic) bond motifs is 1. The Labute approximate surface area is 124 Å². The molecule has 0 aliphatic rings. The lowest BCUT2D eigenvalue weighted by Crippen LogP contribution is -1.97. The number of nitrogens with zero attached hydrogens (tertiary/aromatic N) is 1. The third kappa shape index (κ3) is 2.23. The fraction of sp³-hybridized carbons (Fsp3) is 0.133. The van der Waals surface area contributed by atoms with Crippen molar-refractivity contribution in [1.29, 1.82) is 0 Å². The predicted octanol–water partition coefficient (Wildman–Crippen LogP) is 3.99. The number of carbonyl (C=O) groups is 1. The van der Waals surface area contributed by atoms with Gasteiger partial charge in [0.25, 0.3) is 5.69 Å². The summed E-state index contributed by atoms with van der Waals surface area (Å²) in [6, 6.07) is 6.35. The summed E-state index contributed by atoms with van der Waals surface area (Å²) in [6.07, 6.45) is 1.61. The zero-order valence-electron chi connectivity index (χ0n) is 11.5. The van der Waals surface area contributed by atoms with E-state index in [1.807, 2.05) is 19.9 Å². The number of aromatic nitrogens is 1. The number of nitro groups is 1. The molecule has 3 aromatic rings. The lowest BCUT2D eigenvalue weighted by atomic mass is 10.1. The lowest BCUT2D eigenvalue weighted by Gasteiger charge is -1.96. The van der Waals surface area contributed by atoms with Crippen molar-refractivity contribution in [2.75, 3.05) is 0 Å². The number of hydrogen-bond donors (Lipinski definition) is 1. The second kappa shape index (κ2) is 4.82. The Kier molecular flexibility index (Phi) is 3.10. The molecule has 0 fully saturated rings. The highest BCUT2D eigenvalue weighted by Crippen LogP contribution is 2.28. The summed E-state index contributed by atoms with van der Waals surface area (Å²) in [4.78, 5) is 27.6. The molecule has 0 radical (unpaired) electrons. The summed E-state index contributed by atoms with van der Waals surface area (Å²) in [5.74, 6) is -0.0590. The number of carbonyl (C=O) groups excluding carboxylic acids is 1. The molecule has 0 saturated heterocycles. The van der Waals surface area contributed by atoms with Gasteiger partial charge in [-0.3, -0.25) is 14.9 Å². The maximum absolute atomic E-state index is 12.6. The smallest absolute Gasteiger partial charge is 0.271 e. The lowest BCUT2D eigenvalue weighted by molar-refractivity contribution is -0.384. The van der Waals surface area contributed by atoms with Crippen LogP contribution in [0, 0.1) is 24.0 Å². The van der Waals surface area contributed by atoms with E-state index in [9.17, 15) is 14.9 Å². The van der Waals surface area contributed by atoms with Crippen molar-refractivity contribution in [1.82, 2.24) is 4.98 Å². The number of aromatic amines is 1. The van der Waals surface area contributed by atoms with Crippen molar-refractivity contribution in [2.45, 2.75) is 13.8 Å². The third-order valence-electron chi connectivity index (χ3n) is 3.51. The van der Waals surface area contributed by atoms with Crippen LogP contribution in [0.25, 0.3) is 10.9 Å². The van der Waals surface area contributed by atoms with E-state index >= 15 is 0 Å². The molecule has 0 spiro atoms. The molecule has 0 amide bonds. The second-order valence-corrected chi connectivity index (χ2v) is 6.12. The molecule has 0 bridgehead atoms. The van der Waals surface area contributed by atoms with Gasteiger partial charge in [-0.1, -0.05) is 0 Å². The maximum atomic E-state index is 12.6. The highest BCUT2D eigenvalue weighted by Gasteiger charge is 2.18. The molecule has 0 atom stereocenters. The number of rotatable bonds is 3. The van der Waals surface area contributed by atoms with Gasteiger partial charge in [-0.2, -0.15) is 0 Å². The summed E-state index contributed by atoms with van der Waals surface area (Å²) in [6.45, 7) is 3.95. The first-order valence-corrected chi connectivity index (χ1v) is 7.16. The normalized spacial score (nSPS) is 11.0. The Bertz CT molecular complexity index is 857. The Morgan fingerprint density at radius 2 is 2.05 bits per heavy atom. The van der Waals surface area contributed by atoms with Gasteiger partial charge in [-0.15, -0.1) is 11.3 Å². The number of H-pyrrole nitrogens is 1. The van der Waals surface area contributed by atoms with Crippen molar-refractivity contribution in [3.8, 4) is 0 Å². The Hall–Kier alpha value is -2.47. The maximum Gasteiger partial charge on any atom is 0.271 e. The molecule has 0 aliphatic carbocycles. The zero-order valence-corrected chi connectivity index (χ0v) is 12.3. The molecule has 2 aromatic heterocycles. The predicted molar refractivity (Wildman–Crippen MR) is 82.2 cm³/mol. The molecule has 21 heavy (non-hydrogen) atoms. The van der Waals surface area contributed by atoms with Crippen molar-refractivity contribution in [3.05, 3.63) is 61.5 Å². The van der Waals surface area contributed by atoms with Gasteiger partial charge in [0.15, 0.2) is 0 Å². The molecule has 6 heteroatoms. The minimum atomic E-state index is -0.451. The van der Waals surface area contributed by atoms with Crippen LogP contribution in [0.3, 0.4) is 0 Å². The van der Waals surface area contributed by atoms with Gasteiger partial charge in [-0.05, 0) is 31.5 Å². The molecule has 0 aliphatic heterocycles.